The summed E-state index contributed by atoms with van der Waals surface area (Å²) >= 11 is 5.99. The third-order valence-electron chi connectivity index (χ3n) is 3.69. The van der Waals surface area contributed by atoms with Gasteiger partial charge in [0.1, 0.15) is 0 Å². The van der Waals surface area contributed by atoms with E-state index < -0.39 is 5.97 Å². The summed E-state index contributed by atoms with van der Waals surface area (Å²) in [6.45, 7) is 2.21. The smallest absolute Gasteiger partial charge is 0.328 e. The summed E-state index contributed by atoms with van der Waals surface area (Å²) in [5.41, 5.74) is 1.85. The minimum absolute atomic E-state index is 0.457. The molecule has 19 heavy (non-hydrogen) atoms. The zero-order valence-electron chi connectivity index (χ0n) is 11.1. The highest BCUT2D eigenvalue weighted by Crippen LogP contribution is 2.37. The highest BCUT2D eigenvalue weighted by molar-refractivity contribution is 6.30. The average Bonchev–Trinajstić information content (AvgIpc) is 3.19. The maximum Gasteiger partial charge on any atom is 0.328 e. The molecule has 0 radical (unpaired) electrons. The van der Waals surface area contributed by atoms with E-state index in [2.05, 4.69) is 11.8 Å². The molecule has 1 fully saturated rings. The van der Waals surface area contributed by atoms with Gasteiger partial charge in [-0.15, -0.1) is 0 Å². The second-order valence-corrected chi connectivity index (χ2v) is 5.50. The average molecular weight is 280 g/mol. The van der Waals surface area contributed by atoms with Crippen LogP contribution in [0, 0.1) is 5.92 Å². The minimum atomic E-state index is -0.955. The van der Waals surface area contributed by atoms with Gasteiger partial charge in [-0.25, -0.2) is 4.79 Å². The molecule has 102 valence electrons. The zero-order chi connectivity index (χ0) is 14.0. The molecule has 1 atom stereocenters. The first-order valence-corrected chi connectivity index (χ1v) is 6.80. The van der Waals surface area contributed by atoms with Crippen molar-refractivity contribution in [3.05, 3.63) is 34.9 Å². The van der Waals surface area contributed by atoms with Crippen LogP contribution in [-0.2, 0) is 4.79 Å². The number of hydrogen-bond donors (Lipinski definition) is 1. The Morgan fingerprint density at radius 1 is 1.53 bits per heavy atom. The van der Waals surface area contributed by atoms with Gasteiger partial charge in [-0.1, -0.05) is 11.6 Å². The van der Waals surface area contributed by atoms with Crippen molar-refractivity contribution in [3.8, 4) is 0 Å². The molecule has 1 aliphatic rings. The number of carboxylic acid groups (broad SMARTS) is 1. The SMILES string of the molecule is CC(C1CC1)N(C)c1ccc(Cl)cc1/C=C/C(=O)O. The van der Waals surface area contributed by atoms with E-state index in [0.29, 0.717) is 11.1 Å². The highest BCUT2D eigenvalue weighted by atomic mass is 35.5. The minimum Gasteiger partial charge on any atom is -0.478 e. The molecule has 0 heterocycles. The van der Waals surface area contributed by atoms with Crippen molar-refractivity contribution >= 4 is 29.3 Å². The quantitative estimate of drug-likeness (QED) is 0.836. The van der Waals surface area contributed by atoms with Crippen LogP contribution in [0.5, 0.6) is 0 Å². The fourth-order valence-corrected chi connectivity index (χ4v) is 2.44. The predicted octanol–water partition coefficient (Wildman–Crippen LogP) is 3.67. The normalized spacial score (nSPS) is 16.6. The highest BCUT2D eigenvalue weighted by Gasteiger charge is 2.31. The third kappa shape index (κ3) is 3.51. The second-order valence-electron chi connectivity index (χ2n) is 5.06. The van der Waals surface area contributed by atoms with Crippen LogP contribution in [0.1, 0.15) is 25.3 Å². The van der Waals surface area contributed by atoms with Crippen LogP contribution in [0.15, 0.2) is 24.3 Å². The van der Waals surface area contributed by atoms with Crippen LogP contribution in [0.3, 0.4) is 0 Å². The summed E-state index contributed by atoms with van der Waals surface area (Å²) in [6.07, 6.45) is 5.29. The van der Waals surface area contributed by atoms with E-state index >= 15 is 0 Å². The third-order valence-corrected chi connectivity index (χ3v) is 3.93. The van der Waals surface area contributed by atoms with E-state index in [-0.39, 0.29) is 0 Å². The Hall–Kier alpha value is -1.48. The van der Waals surface area contributed by atoms with Crippen molar-refractivity contribution in [3.63, 3.8) is 0 Å². The summed E-state index contributed by atoms with van der Waals surface area (Å²) in [6, 6.07) is 6.04. The van der Waals surface area contributed by atoms with E-state index in [1.165, 1.54) is 12.8 Å². The number of carboxylic acids is 1. The van der Waals surface area contributed by atoms with Gasteiger partial charge in [0.2, 0.25) is 0 Å². The van der Waals surface area contributed by atoms with E-state index in [4.69, 9.17) is 16.7 Å². The molecule has 3 nitrogen and oxygen atoms in total. The van der Waals surface area contributed by atoms with Gasteiger partial charge in [-0.2, -0.15) is 0 Å². The number of hydrogen-bond acceptors (Lipinski definition) is 2. The lowest BCUT2D eigenvalue weighted by Gasteiger charge is -2.28. The van der Waals surface area contributed by atoms with E-state index in [1.807, 2.05) is 19.2 Å². The molecule has 0 spiro atoms. The molecular formula is C15H18ClNO2. The standard InChI is InChI=1S/C15H18ClNO2/c1-10(11-3-4-11)17(2)14-7-6-13(16)9-12(14)5-8-15(18)19/h5-11H,3-4H2,1-2H3,(H,18,19)/b8-5+. The first kappa shape index (κ1) is 13.9. The Kier molecular flexibility index (Phi) is 4.15. The topological polar surface area (TPSA) is 40.5 Å². The van der Waals surface area contributed by atoms with Gasteiger partial charge in [0.05, 0.1) is 0 Å². The lowest BCUT2D eigenvalue weighted by Crippen LogP contribution is -2.31. The number of nitrogens with zero attached hydrogens (tertiary/aromatic N) is 1. The molecule has 1 unspecified atom stereocenters. The fraction of sp³-hybridized carbons (Fsp3) is 0.400. The lowest BCUT2D eigenvalue weighted by atomic mass is 10.1. The largest absolute Gasteiger partial charge is 0.478 e. The second kappa shape index (κ2) is 5.66. The molecule has 1 N–H and O–H groups in total. The maximum absolute atomic E-state index is 10.7. The monoisotopic (exact) mass is 279 g/mol. The Morgan fingerprint density at radius 3 is 2.79 bits per heavy atom. The summed E-state index contributed by atoms with van der Waals surface area (Å²) < 4.78 is 0. The summed E-state index contributed by atoms with van der Waals surface area (Å²) in [7, 11) is 2.05. The van der Waals surface area contributed by atoms with Gasteiger partial charge in [0.15, 0.2) is 0 Å². The molecule has 1 aliphatic carbocycles. The Balaban J connectivity index is 2.29. The predicted molar refractivity (Wildman–Crippen MR) is 78.7 cm³/mol. The van der Waals surface area contributed by atoms with Gasteiger partial charge in [-0.05, 0) is 55.5 Å². The Labute approximate surface area is 118 Å². The van der Waals surface area contributed by atoms with Crippen LogP contribution < -0.4 is 4.90 Å². The molecular weight excluding hydrogens is 262 g/mol. The molecule has 1 aromatic carbocycles. The number of aliphatic carboxylic acids is 1. The molecule has 1 saturated carbocycles. The Bertz CT molecular complexity index is 509. The van der Waals surface area contributed by atoms with Gasteiger partial charge in [0, 0.05) is 29.9 Å². The van der Waals surface area contributed by atoms with Crippen molar-refractivity contribution in [2.24, 2.45) is 5.92 Å². The number of rotatable bonds is 5. The first-order chi connectivity index (χ1) is 8.99. The van der Waals surface area contributed by atoms with Crippen molar-refractivity contribution in [2.75, 3.05) is 11.9 Å². The van der Waals surface area contributed by atoms with Crippen molar-refractivity contribution < 1.29 is 9.90 Å². The van der Waals surface area contributed by atoms with Crippen LogP contribution in [-0.4, -0.2) is 24.2 Å². The van der Waals surface area contributed by atoms with E-state index in [1.54, 1.807) is 12.1 Å². The lowest BCUT2D eigenvalue weighted by molar-refractivity contribution is -0.131. The van der Waals surface area contributed by atoms with Crippen molar-refractivity contribution in [1.82, 2.24) is 0 Å². The first-order valence-electron chi connectivity index (χ1n) is 6.42. The van der Waals surface area contributed by atoms with Crippen LogP contribution in [0.4, 0.5) is 5.69 Å². The molecule has 0 saturated heterocycles. The molecule has 0 amide bonds. The molecule has 1 aromatic rings. The van der Waals surface area contributed by atoms with E-state index in [0.717, 1.165) is 23.2 Å². The number of benzene rings is 1. The molecule has 0 aliphatic heterocycles. The van der Waals surface area contributed by atoms with Gasteiger partial charge in [0.25, 0.3) is 0 Å². The van der Waals surface area contributed by atoms with Crippen molar-refractivity contribution in [1.29, 1.82) is 0 Å². The fourth-order valence-electron chi connectivity index (χ4n) is 2.26. The molecule has 0 aromatic heterocycles. The summed E-state index contributed by atoms with van der Waals surface area (Å²) in [5, 5.41) is 9.36. The number of anilines is 1. The van der Waals surface area contributed by atoms with Crippen LogP contribution in [0.25, 0.3) is 6.08 Å². The zero-order valence-corrected chi connectivity index (χ0v) is 11.9. The van der Waals surface area contributed by atoms with Crippen molar-refractivity contribution in [2.45, 2.75) is 25.8 Å². The van der Waals surface area contributed by atoms with Crippen LogP contribution >= 0.6 is 11.6 Å². The summed E-state index contributed by atoms with van der Waals surface area (Å²) in [5.74, 6) is -0.208. The van der Waals surface area contributed by atoms with Crippen LogP contribution in [0.2, 0.25) is 5.02 Å². The number of carbonyl (C=O) groups is 1. The van der Waals surface area contributed by atoms with Gasteiger partial charge in [-0.3, -0.25) is 0 Å². The van der Waals surface area contributed by atoms with E-state index in [9.17, 15) is 4.79 Å². The van der Waals surface area contributed by atoms with Gasteiger partial charge >= 0.3 is 5.97 Å². The Morgan fingerprint density at radius 2 is 2.21 bits per heavy atom. The number of halogens is 1. The summed E-state index contributed by atoms with van der Waals surface area (Å²) in [4.78, 5) is 12.9. The maximum atomic E-state index is 10.7. The molecule has 4 heteroatoms. The molecule has 2 rings (SSSR count). The van der Waals surface area contributed by atoms with Gasteiger partial charge < -0.3 is 10.0 Å². The molecule has 0 bridgehead atoms.